The van der Waals surface area contributed by atoms with Gasteiger partial charge in [0.15, 0.2) is 6.23 Å². The zero-order valence-electron chi connectivity index (χ0n) is 15.1. The molecule has 2 N–H and O–H groups in total. The molecular formula is C14H26ClN4O5P. The fourth-order valence-electron chi connectivity index (χ4n) is 1.95. The molecule has 1 rings (SSSR count). The summed E-state index contributed by atoms with van der Waals surface area (Å²) in [5.74, 6) is 0. The molecule has 0 saturated carbocycles. The number of aromatic amines is 1. The minimum Gasteiger partial charge on any atom is -0.351 e. The van der Waals surface area contributed by atoms with Crippen LogP contribution in [0.2, 0.25) is 0 Å². The van der Waals surface area contributed by atoms with Crippen LogP contribution in [0.5, 0.6) is 0 Å². The molecule has 3 atom stereocenters. The van der Waals surface area contributed by atoms with Crippen molar-refractivity contribution in [2.24, 2.45) is 0 Å². The standard InChI is InChI=1S/C14H26ClN4O5P/c1-6-11(9-23-25(15,22)18(4)5)24-12(7-16-3)19-8-10(2)13(20)17-14(19)21/h8,11-12,16H,6-7,9H2,1-5H3,(H,17,20,21)/t11-,12+,25+/m0/s1. The largest absolute Gasteiger partial charge is 0.362 e. The molecule has 25 heavy (non-hydrogen) atoms. The Labute approximate surface area is 151 Å². The number of aromatic nitrogens is 2. The number of aryl methyl sites for hydroxylation is 1. The summed E-state index contributed by atoms with van der Waals surface area (Å²) in [6.45, 7) is 0.421. The van der Waals surface area contributed by atoms with Crippen LogP contribution in [0.15, 0.2) is 15.8 Å². The molecule has 1 heterocycles. The third kappa shape index (κ3) is 6.36. The lowest BCUT2D eigenvalue weighted by Crippen LogP contribution is -2.39. The molecule has 0 amide bonds. The number of hydrogen-bond acceptors (Lipinski definition) is 6. The van der Waals surface area contributed by atoms with E-state index in [-0.39, 0.29) is 6.61 Å². The van der Waals surface area contributed by atoms with Crippen LogP contribution < -0.4 is 16.6 Å². The predicted octanol–water partition coefficient (Wildman–Crippen LogP) is 1.28. The summed E-state index contributed by atoms with van der Waals surface area (Å²) >= 11 is 5.85. The van der Waals surface area contributed by atoms with Gasteiger partial charge in [0, 0.05) is 18.3 Å². The van der Waals surface area contributed by atoms with Gasteiger partial charge in [0.05, 0.1) is 12.7 Å². The summed E-state index contributed by atoms with van der Waals surface area (Å²) in [6, 6.07) is 0. The van der Waals surface area contributed by atoms with Gasteiger partial charge in [-0.15, -0.1) is 0 Å². The molecule has 11 heteroatoms. The molecule has 1 aromatic rings. The lowest BCUT2D eigenvalue weighted by molar-refractivity contribution is -0.0718. The summed E-state index contributed by atoms with van der Waals surface area (Å²) < 4.78 is 25.9. The highest BCUT2D eigenvalue weighted by Crippen LogP contribution is 2.54. The van der Waals surface area contributed by atoms with Gasteiger partial charge in [0.2, 0.25) is 0 Å². The third-order valence-corrected chi connectivity index (χ3v) is 6.16. The summed E-state index contributed by atoms with van der Waals surface area (Å²) in [7, 11) is 4.83. The van der Waals surface area contributed by atoms with Crippen molar-refractivity contribution in [3.63, 3.8) is 0 Å². The number of rotatable bonds is 10. The van der Waals surface area contributed by atoms with Crippen molar-refractivity contribution in [1.82, 2.24) is 19.5 Å². The molecule has 0 radical (unpaired) electrons. The topological polar surface area (TPSA) is 106 Å². The normalized spacial score (nSPS) is 16.6. The molecule has 0 aliphatic carbocycles. The van der Waals surface area contributed by atoms with E-state index in [2.05, 4.69) is 10.3 Å². The van der Waals surface area contributed by atoms with E-state index < -0.39 is 30.5 Å². The summed E-state index contributed by atoms with van der Waals surface area (Å²) in [4.78, 5) is 25.9. The van der Waals surface area contributed by atoms with Gasteiger partial charge in [-0.3, -0.25) is 18.9 Å². The average Bonchev–Trinajstić information content (AvgIpc) is 2.53. The number of likely N-dealkylation sites (N-methyl/N-ethyl adjacent to an activating group) is 1. The van der Waals surface area contributed by atoms with Gasteiger partial charge in [-0.2, -0.15) is 0 Å². The van der Waals surface area contributed by atoms with Crippen LogP contribution in [0.4, 0.5) is 0 Å². The Balaban J connectivity index is 2.95. The van der Waals surface area contributed by atoms with E-state index >= 15 is 0 Å². The maximum atomic E-state index is 12.1. The molecule has 0 spiro atoms. The van der Waals surface area contributed by atoms with E-state index in [0.717, 1.165) is 0 Å². The van der Waals surface area contributed by atoms with Crippen LogP contribution in [-0.4, -0.2) is 54.6 Å². The summed E-state index contributed by atoms with van der Waals surface area (Å²) in [5.41, 5.74) is -0.608. The Morgan fingerprint density at radius 3 is 2.60 bits per heavy atom. The average molecular weight is 397 g/mol. The van der Waals surface area contributed by atoms with E-state index in [1.807, 2.05) is 6.92 Å². The van der Waals surface area contributed by atoms with E-state index in [1.165, 1.54) is 15.4 Å². The molecule has 0 saturated heterocycles. The number of H-pyrrole nitrogens is 1. The zero-order valence-corrected chi connectivity index (χ0v) is 16.8. The van der Waals surface area contributed by atoms with Gasteiger partial charge in [-0.1, -0.05) is 6.92 Å². The first-order valence-corrected chi connectivity index (χ1v) is 10.3. The first-order valence-electron chi connectivity index (χ1n) is 7.86. The zero-order chi connectivity index (χ0) is 19.2. The van der Waals surface area contributed by atoms with Crippen molar-refractivity contribution in [2.75, 3.05) is 34.3 Å². The Kier molecular flexibility index (Phi) is 8.53. The second-order valence-electron chi connectivity index (χ2n) is 5.75. The van der Waals surface area contributed by atoms with E-state index in [4.69, 9.17) is 20.5 Å². The molecular weight excluding hydrogens is 371 g/mol. The van der Waals surface area contributed by atoms with Crippen LogP contribution in [0, 0.1) is 6.92 Å². The van der Waals surface area contributed by atoms with Crippen molar-refractivity contribution in [3.8, 4) is 0 Å². The van der Waals surface area contributed by atoms with Crippen LogP contribution in [-0.2, 0) is 13.8 Å². The Bertz CT molecular complexity index is 720. The summed E-state index contributed by atoms with van der Waals surface area (Å²) in [6.07, 6.45) is 0.894. The smallest absolute Gasteiger partial charge is 0.351 e. The number of nitrogens with one attached hydrogen (secondary N) is 2. The van der Waals surface area contributed by atoms with Gasteiger partial charge in [-0.05, 0) is 45.7 Å². The number of ether oxygens (including phenoxy) is 1. The second-order valence-corrected chi connectivity index (χ2v) is 8.99. The van der Waals surface area contributed by atoms with Crippen LogP contribution in [0.1, 0.15) is 25.1 Å². The van der Waals surface area contributed by atoms with Crippen molar-refractivity contribution >= 4 is 18.1 Å². The molecule has 0 aliphatic heterocycles. The van der Waals surface area contributed by atoms with Gasteiger partial charge in [0.1, 0.15) is 0 Å². The van der Waals surface area contributed by atoms with Gasteiger partial charge >= 0.3 is 12.6 Å². The Morgan fingerprint density at radius 2 is 2.08 bits per heavy atom. The first kappa shape index (κ1) is 22.1. The second kappa shape index (κ2) is 9.66. The maximum Gasteiger partial charge on any atom is 0.362 e. The monoisotopic (exact) mass is 396 g/mol. The molecule has 0 aromatic carbocycles. The van der Waals surface area contributed by atoms with E-state index in [0.29, 0.717) is 18.5 Å². The molecule has 0 unspecified atom stereocenters. The number of hydrogen-bond donors (Lipinski definition) is 2. The lowest BCUT2D eigenvalue weighted by Gasteiger charge is -2.27. The fourth-order valence-corrected chi connectivity index (χ4v) is 2.70. The Morgan fingerprint density at radius 1 is 1.44 bits per heavy atom. The number of nitrogens with zero attached hydrogens (tertiary/aromatic N) is 2. The van der Waals surface area contributed by atoms with Gasteiger partial charge in [-0.25, -0.2) is 9.46 Å². The van der Waals surface area contributed by atoms with Gasteiger partial charge in [0.25, 0.3) is 5.56 Å². The van der Waals surface area contributed by atoms with Crippen molar-refractivity contribution in [3.05, 3.63) is 32.6 Å². The highest BCUT2D eigenvalue weighted by molar-refractivity contribution is 7.83. The molecule has 9 nitrogen and oxygen atoms in total. The first-order chi connectivity index (χ1) is 11.6. The Hall–Kier alpha value is -0.960. The lowest BCUT2D eigenvalue weighted by atomic mass is 10.3. The maximum absolute atomic E-state index is 12.1. The third-order valence-electron chi connectivity index (χ3n) is 3.54. The van der Waals surface area contributed by atoms with Crippen molar-refractivity contribution in [2.45, 2.75) is 32.6 Å². The summed E-state index contributed by atoms with van der Waals surface area (Å²) in [5, 5.41) is 2.94. The van der Waals surface area contributed by atoms with Crippen molar-refractivity contribution in [1.29, 1.82) is 0 Å². The minimum atomic E-state index is -3.39. The molecule has 0 bridgehead atoms. The van der Waals surface area contributed by atoms with Crippen LogP contribution >= 0.6 is 18.1 Å². The number of halogens is 1. The molecule has 144 valence electrons. The predicted molar refractivity (Wildman–Crippen MR) is 97.3 cm³/mol. The highest BCUT2D eigenvalue weighted by Gasteiger charge is 2.26. The minimum absolute atomic E-state index is 0.00670. The van der Waals surface area contributed by atoms with Crippen LogP contribution in [0.25, 0.3) is 0 Å². The molecule has 1 aromatic heterocycles. The fraction of sp³-hybridized carbons (Fsp3) is 0.714. The SMILES string of the molecule is CC[C@@H](CO[P@](=O)(Cl)N(C)C)O[C@H](CNC)n1cc(C)c(=O)[nH]c1=O. The highest BCUT2D eigenvalue weighted by atomic mass is 35.7. The van der Waals surface area contributed by atoms with Crippen LogP contribution in [0.3, 0.4) is 0 Å². The van der Waals surface area contributed by atoms with Crippen molar-refractivity contribution < 1.29 is 13.8 Å². The molecule has 0 aliphatic rings. The quantitative estimate of drug-likeness (QED) is 0.574. The van der Waals surface area contributed by atoms with E-state index in [1.54, 1.807) is 28.1 Å². The van der Waals surface area contributed by atoms with E-state index in [9.17, 15) is 14.2 Å². The molecule has 0 fully saturated rings. The van der Waals surface area contributed by atoms with Gasteiger partial charge < -0.3 is 14.6 Å².